The topological polar surface area (TPSA) is 21.6 Å². The number of halogens is 1. The molecule has 1 aliphatic heterocycles. The Labute approximate surface area is 152 Å². The third-order valence-electron chi connectivity index (χ3n) is 5.33. The molecule has 5 rings (SSSR count). The van der Waals surface area contributed by atoms with E-state index in [2.05, 4.69) is 24.3 Å². The standard InChI is InChI=1S/C23H18FNO/c24-17-11-8-16(9-12-17)19-6-3-7-22-21(19)14-26-23(25-22)20-13-10-15-4-1-2-5-18(15)20/h1-9,11-12,20H,10,13-14H2. The predicted molar refractivity (Wildman–Crippen MR) is 101 cm³/mol. The van der Waals surface area contributed by atoms with Crippen LogP contribution < -0.4 is 0 Å². The predicted octanol–water partition coefficient (Wildman–Crippen LogP) is 5.78. The average Bonchev–Trinajstić information content (AvgIpc) is 3.12. The number of hydrogen-bond donors (Lipinski definition) is 0. The van der Waals surface area contributed by atoms with Gasteiger partial charge in [0.2, 0.25) is 0 Å². The lowest BCUT2D eigenvalue weighted by Crippen LogP contribution is -2.17. The van der Waals surface area contributed by atoms with Gasteiger partial charge in [-0.1, -0.05) is 48.5 Å². The molecule has 0 saturated heterocycles. The van der Waals surface area contributed by atoms with Crippen molar-refractivity contribution in [2.75, 3.05) is 0 Å². The Morgan fingerprint density at radius 1 is 0.923 bits per heavy atom. The minimum absolute atomic E-state index is 0.227. The third-order valence-corrected chi connectivity index (χ3v) is 5.33. The molecule has 2 aliphatic rings. The first-order chi connectivity index (χ1) is 12.8. The summed E-state index contributed by atoms with van der Waals surface area (Å²) in [6, 6.07) is 21.2. The molecular formula is C23H18FNO. The highest BCUT2D eigenvalue weighted by atomic mass is 19.1. The van der Waals surface area contributed by atoms with Crippen LogP contribution >= 0.6 is 0 Å². The Balaban J connectivity index is 1.54. The summed E-state index contributed by atoms with van der Waals surface area (Å²) < 4.78 is 19.3. The molecule has 0 amide bonds. The van der Waals surface area contributed by atoms with E-state index in [0.29, 0.717) is 6.61 Å². The Kier molecular flexibility index (Phi) is 3.59. The summed E-state index contributed by atoms with van der Waals surface area (Å²) in [6.07, 6.45) is 2.12. The third kappa shape index (κ3) is 2.51. The lowest BCUT2D eigenvalue weighted by Gasteiger charge is -2.23. The molecule has 2 nitrogen and oxygen atoms in total. The fourth-order valence-corrected chi connectivity index (χ4v) is 4.02. The van der Waals surface area contributed by atoms with Crippen LogP contribution in [0.4, 0.5) is 10.1 Å². The molecule has 0 N–H and O–H groups in total. The van der Waals surface area contributed by atoms with E-state index in [-0.39, 0.29) is 11.7 Å². The Hall–Kier alpha value is -2.94. The normalized spacial score (nSPS) is 17.9. The molecule has 0 bridgehead atoms. The molecule has 3 heteroatoms. The van der Waals surface area contributed by atoms with Gasteiger partial charge in [0.15, 0.2) is 5.90 Å². The molecule has 1 unspecified atom stereocenters. The first kappa shape index (κ1) is 15.3. The highest BCUT2D eigenvalue weighted by Crippen LogP contribution is 2.40. The van der Waals surface area contributed by atoms with Crippen LogP contribution in [-0.2, 0) is 17.8 Å². The van der Waals surface area contributed by atoms with Crippen molar-refractivity contribution in [2.45, 2.75) is 25.4 Å². The quantitative estimate of drug-likeness (QED) is 0.578. The highest BCUT2D eigenvalue weighted by Gasteiger charge is 2.30. The second-order valence-corrected chi connectivity index (χ2v) is 6.84. The zero-order chi connectivity index (χ0) is 17.5. The Bertz CT molecular complexity index is 1010. The maximum Gasteiger partial charge on any atom is 0.196 e. The summed E-state index contributed by atoms with van der Waals surface area (Å²) in [5.41, 5.74) is 6.79. The molecule has 3 aromatic rings. The van der Waals surface area contributed by atoms with Gasteiger partial charge in [-0.15, -0.1) is 0 Å². The second-order valence-electron chi connectivity index (χ2n) is 6.84. The summed E-state index contributed by atoms with van der Waals surface area (Å²) in [5.74, 6) is 0.836. The number of aryl methyl sites for hydroxylation is 1. The van der Waals surface area contributed by atoms with Gasteiger partial charge < -0.3 is 4.74 Å². The molecule has 26 heavy (non-hydrogen) atoms. The number of aliphatic imine (C=N–C) groups is 1. The molecule has 1 aliphatic carbocycles. The van der Waals surface area contributed by atoms with Gasteiger partial charge in [-0.3, -0.25) is 0 Å². The lowest BCUT2D eigenvalue weighted by molar-refractivity contribution is 0.273. The highest BCUT2D eigenvalue weighted by molar-refractivity contribution is 5.90. The summed E-state index contributed by atoms with van der Waals surface area (Å²) in [6.45, 7) is 0.500. The lowest BCUT2D eigenvalue weighted by atomic mass is 9.96. The van der Waals surface area contributed by atoms with Crippen LogP contribution in [0.15, 0.2) is 71.7 Å². The molecule has 1 atom stereocenters. The molecule has 128 valence electrons. The van der Waals surface area contributed by atoms with Crippen molar-refractivity contribution >= 4 is 11.6 Å². The summed E-state index contributed by atoms with van der Waals surface area (Å²) >= 11 is 0. The summed E-state index contributed by atoms with van der Waals surface area (Å²) in [4.78, 5) is 4.85. The largest absolute Gasteiger partial charge is 0.475 e. The Morgan fingerprint density at radius 2 is 1.77 bits per heavy atom. The fraction of sp³-hybridized carbons (Fsp3) is 0.174. The van der Waals surface area contributed by atoms with E-state index in [1.54, 1.807) is 12.1 Å². The maximum absolute atomic E-state index is 13.2. The number of rotatable bonds is 2. The zero-order valence-electron chi connectivity index (χ0n) is 14.3. The van der Waals surface area contributed by atoms with Crippen molar-refractivity contribution in [3.63, 3.8) is 0 Å². The summed E-state index contributed by atoms with van der Waals surface area (Å²) in [7, 11) is 0. The maximum atomic E-state index is 13.2. The number of nitrogens with zero attached hydrogens (tertiary/aromatic N) is 1. The van der Waals surface area contributed by atoms with Crippen molar-refractivity contribution in [3.8, 4) is 11.1 Å². The molecule has 0 fully saturated rings. The van der Waals surface area contributed by atoms with E-state index in [1.165, 1.54) is 23.3 Å². The fourth-order valence-electron chi connectivity index (χ4n) is 4.02. The van der Waals surface area contributed by atoms with E-state index in [1.807, 2.05) is 18.2 Å². The van der Waals surface area contributed by atoms with Gasteiger partial charge in [0.05, 0.1) is 11.6 Å². The van der Waals surface area contributed by atoms with E-state index in [4.69, 9.17) is 9.73 Å². The number of fused-ring (bicyclic) bond motifs is 2. The van der Waals surface area contributed by atoms with E-state index < -0.39 is 0 Å². The van der Waals surface area contributed by atoms with Gasteiger partial charge >= 0.3 is 0 Å². The molecule has 0 radical (unpaired) electrons. The van der Waals surface area contributed by atoms with Gasteiger partial charge in [0.25, 0.3) is 0 Å². The van der Waals surface area contributed by atoms with Crippen LogP contribution in [0.3, 0.4) is 0 Å². The molecular weight excluding hydrogens is 325 g/mol. The van der Waals surface area contributed by atoms with Crippen molar-refractivity contribution in [1.82, 2.24) is 0 Å². The van der Waals surface area contributed by atoms with Gasteiger partial charge in [-0.05, 0) is 53.3 Å². The van der Waals surface area contributed by atoms with E-state index >= 15 is 0 Å². The van der Waals surface area contributed by atoms with Crippen LogP contribution in [-0.4, -0.2) is 5.90 Å². The molecule has 1 heterocycles. The smallest absolute Gasteiger partial charge is 0.196 e. The van der Waals surface area contributed by atoms with Crippen molar-refractivity contribution < 1.29 is 9.13 Å². The monoisotopic (exact) mass is 343 g/mol. The van der Waals surface area contributed by atoms with Crippen LogP contribution in [0.5, 0.6) is 0 Å². The Morgan fingerprint density at radius 3 is 2.65 bits per heavy atom. The van der Waals surface area contributed by atoms with Crippen LogP contribution in [0.25, 0.3) is 11.1 Å². The first-order valence-corrected chi connectivity index (χ1v) is 8.96. The minimum Gasteiger partial charge on any atom is -0.475 e. The molecule has 0 saturated carbocycles. The molecule has 0 aromatic heterocycles. The second kappa shape index (κ2) is 6.10. The van der Waals surface area contributed by atoms with E-state index in [9.17, 15) is 4.39 Å². The molecule has 3 aromatic carbocycles. The van der Waals surface area contributed by atoms with Crippen molar-refractivity contribution in [3.05, 3.63) is 89.2 Å². The molecule has 0 spiro atoms. The van der Waals surface area contributed by atoms with Crippen LogP contribution in [0, 0.1) is 5.82 Å². The van der Waals surface area contributed by atoms with Crippen molar-refractivity contribution in [1.29, 1.82) is 0 Å². The number of ether oxygens (including phenoxy) is 1. The van der Waals surface area contributed by atoms with Crippen LogP contribution in [0.2, 0.25) is 0 Å². The zero-order valence-corrected chi connectivity index (χ0v) is 14.3. The number of benzene rings is 3. The SMILES string of the molecule is Fc1ccc(-c2cccc3c2COC(C2CCc4ccccc42)=N3)cc1. The average molecular weight is 343 g/mol. The van der Waals surface area contributed by atoms with Crippen molar-refractivity contribution in [2.24, 2.45) is 4.99 Å². The minimum atomic E-state index is -0.227. The summed E-state index contributed by atoms with van der Waals surface area (Å²) in [5, 5.41) is 0. The van der Waals surface area contributed by atoms with Gasteiger partial charge in [-0.2, -0.15) is 0 Å². The van der Waals surface area contributed by atoms with Crippen LogP contribution in [0.1, 0.15) is 29.0 Å². The van der Waals surface area contributed by atoms with Gasteiger partial charge in [-0.25, -0.2) is 9.38 Å². The van der Waals surface area contributed by atoms with E-state index in [0.717, 1.165) is 41.1 Å². The first-order valence-electron chi connectivity index (χ1n) is 8.96. The van der Waals surface area contributed by atoms with Gasteiger partial charge in [0, 0.05) is 5.56 Å². The van der Waals surface area contributed by atoms with Gasteiger partial charge in [0.1, 0.15) is 12.4 Å². The number of hydrogen-bond acceptors (Lipinski definition) is 2.